The highest BCUT2D eigenvalue weighted by Gasteiger charge is 2.49. The van der Waals surface area contributed by atoms with E-state index < -0.39 is 38.0 Å². The van der Waals surface area contributed by atoms with Gasteiger partial charge in [-0.3, -0.25) is 14.9 Å². The highest BCUT2D eigenvalue weighted by atomic mass is 79.9. The van der Waals surface area contributed by atoms with E-state index in [1.165, 1.54) is 89.7 Å². The molecule has 13 rings (SSSR count). The zero-order valence-electron chi connectivity index (χ0n) is 54.9. The van der Waals surface area contributed by atoms with E-state index >= 15 is 0 Å². The number of hydrogen-bond donors (Lipinski definition) is 4. The Labute approximate surface area is 637 Å². The van der Waals surface area contributed by atoms with Crippen LogP contribution in [0, 0.1) is 34.9 Å². The van der Waals surface area contributed by atoms with E-state index in [-0.39, 0.29) is 65.0 Å². The van der Waals surface area contributed by atoms with Gasteiger partial charge in [-0.15, -0.1) is 6.58 Å². The topological polar surface area (TPSA) is 273 Å². The Bertz CT molecular complexity index is 4460. The van der Waals surface area contributed by atoms with Crippen LogP contribution in [0.3, 0.4) is 0 Å². The summed E-state index contributed by atoms with van der Waals surface area (Å²) in [4.78, 5) is 76.2. The van der Waals surface area contributed by atoms with Crippen LogP contribution in [0.5, 0.6) is 0 Å². The largest absolute Gasteiger partial charge is 0.486 e. The lowest BCUT2D eigenvalue weighted by Crippen LogP contribution is -2.41. The molecular formula is C66H63BBr3Cl3F6N12O9S3. The van der Waals surface area contributed by atoms with Gasteiger partial charge >= 0.3 is 19.1 Å². The van der Waals surface area contributed by atoms with Gasteiger partial charge in [0.2, 0.25) is 14.5 Å². The SMILES string of the molecule is C=CB1OC(C)(C)C(C)(C)O1.Nc1nc2ccc(F)cc2s1.O=C(Cl)C1=CCN(c2ncc(Br)cc2F)CC1.O=C(Nc1nc2ccc(F)cc2s1)C1=CCN(c2ncc(Br)cc2F)CC1.O=C(O)C1=CCN(c2ncc(Br)cc2F)CC1.O=C(O)C1=CCN(c2ncccc2F)CC1.O=S(Cl)Cl. The third-order valence-electron chi connectivity index (χ3n) is 15.6. The standard InChI is InChI=1S/C18H13BrF2N4OS.C11H9BrClFN2O.C11H10BrFN2O2.C11H11FN2O2.C8H15BO2.C7H5FN2S.Cl2OS/c19-11-7-13(21)16(22-9-11)25-5-3-10(4-6-25)17(26)24-18-23-14-2-1-12(20)8-15(14)27-18;12-8-5-9(14)11(15-6-8)16-3-1-7(2-4-16)10(13)17;12-8-5-9(13)10(14-6-8)15-3-1-7(2-4-15)11(16)17;12-9-2-1-5-13-10(9)14-6-3-8(4-7-14)11(15)16;1-6-9-10-7(2,3)8(4,5)11-9;8-4-1-2-5-6(3-4)11-7(9)10-5;1-4(2)3/h1-3,7-9H,4-6H2,(H,23,24,26);1,5-6H,2-4H2;1,5-6H,2-4H2,(H,16,17);1-3,5H,4,6-7H2,(H,15,16);6H,1H2,2-5H3;1-3H,(H2,9,10);. The molecule has 103 heavy (non-hydrogen) atoms. The summed E-state index contributed by atoms with van der Waals surface area (Å²) >= 11 is 17.4. The fourth-order valence-corrected chi connectivity index (χ4v) is 12.5. The van der Waals surface area contributed by atoms with E-state index in [0.29, 0.717) is 140 Å². The number of nitrogens with zero attached hydrogens (tertiary/aromatic N) is 10. The molecule has 0 spiro atoms. The van der Waals surface area contributed by atoms with E-state index in [4.69, 9.17) is 41.1 Å². The predicted molar refractivity (Wildman–Crippen MR) is 404 cm³/mol. The molecule has 0 saturated carbocycles. The monoisotopic (exact) mass is 1730 g/mol. The summed E-state index contributed by atoms with van der Waals surface area (Å²) in [5, 5.41) is 20.8. The number of amides is 1. The number of nitrogens with one attached hydrogen (secondary N) is 1. The van der Waals surface area contributed by atoms with Crippen LogP contribution in [0.15, 0.2) is 164 Å². The number of carboxylic acid groups (broad SMARTS) is 2. The van der Waals surface area contributed by atoms with Crippen molar-refractivity contribution in [1.82, 2.24) is 29.9 Å². The van der Waals surface area contributed by atoms with Crippen molar-refractivity contribution < 1.29 is 69.3 Å². The molecule has 1 amide bonds. The molecule has 1 fully saturated rings. The first-order valence-corrected chi connectivity index (χ1v) is 37.8. The number of pyridine rings is 4. The summed E-state index contributed by atoms with van der Waals surface area (Å²) < 4.78 is 104. The Morgan fingerprint density at radius 3 is 1.33 bits per heavy atom. The molecule has 5 aliphatic heterocycles. The summed E-state index contributed by atoms with van der Waals surface area (Å²) in [7, 11) is 7.11. The Balaban J connectivity index is 0.000000176. The van der Waals surface area contributed by atoms with Crippen molar-refractivity contribution >= 4 is 197 Å². The number of fused-ring (bicyclic) bond motifs is 2. The average Bonchev–Trinajstić information content (AvgIpc) is 1.68. The van der Waals surface area contributed by atoms with Crippen LogP contribution in [-0.2, 0) is 37.7 Å². The normalized spacial score (nSPS) is 15.8. The molecule has 546 valence electrons. The van der Waals surface area contributed by atoms with Crippen molar-refractivity contribution in [2.75, 3.05) is 83.0 Å². The van der Waals surface area contributed by atoms with Crippen LogP contribution in [0.2, 0.25) is 0 Å². The van der Waals surface area contributed by atoms with Crippen LogP contribution in [0.1, 0.15) is 53.4 Å². The van der Waals surface area contributed by atoms with Gasteiger partial charge in [0.25, 0.3) is 5.91 Å². The fraction of sp³-hybridized carbons (Fsp3) is 0.273. The van der Waals surface area contributed by atoms with Crippen molar-refractivity contribution in [3.8, 4) is 0 Å². The second-order valence-corrected chi connectivity index (χ2v) is 30.8. The summed E-state index contributed by atoms with van der Waals surface area (Å²) in [5.74, 6) is -1.45. The molecule has 11 heterocycles. The maximum Gasteiger partial charge on any atom is 0.486 e. The molecule has 8 aromatic rings. The molecule has 0 unspecified atom stereocenters. The number of nitrogen functional groups attached to an aromatic ring is 1. The molecular weight excluding hydrogens is 1670 g/mol. The van der Waals surface area contributed by atoms with Crippen LogP contribution in [-0.4, -0.2) is 138 Å². The zero-order valence-corrected chi connectivity index (χ0v) is 64.4. The minimum absolute atomic E-state index is 0.230. The highest BCUT2D eigenvalue weighted by molar-refractivity contribution is 9.11. The van der Waals surface area contributed by atoms with Crippen molar-refractivity contribution in [1.29, 1.82) is 0 Å². The maximum atomic E-state index is 14.0. The Kier molecular flexibility index (Phi) is 31.1. The number of benzene rings is 2. The third kappa shape index (κ3) is 24.6. The molecule has 0 atom stereocenters. The number of carbonyl (C=O) groups is 4. The van der Waals surface area contributed by atoms with Gasteiger partial charge in [-0.25, -0.2) is 70.0 Å². The highest BCUT2D eigenvalue weighted by Crippen LogP contribution is 2.37. The van der Waals surface area contributed by atoms with Crippen molar-refractivity contribution in [3.63, 3.8) is 0 Å². The molecule has 0 aliphatic carbocycles. The smallest absolute Gasteiger partial charge is 0.478 e. The second-order valence-electron chi connectivity index (χ2n) is 23.1. The van der Waals surface area contributed by atoms with E-state index in [1.54, 1.807) is 74.4 Å². The van der Waals surface area contributed by atoms with Crippen LogP contribution < -0.4 is 30.7 Å². The van der Waals surface area contributed by atoms with Gasteiger partial charge in [0, 0.05) is 134 Å². The van der Waals surface area contributed by atoms with E-state index in [9.17, 15) is 45.5 Å². The lowest BCUT2D eigenvalue weighted by atomic mass is 9.90. The number of anilines is 6. The molecule has 6 aromatic heterocycles. The lowest BCUT2D eigenvalue weighted by molar-refractivity contribution is -0.133. The number of rotatable bonds is 10. The van der Waals surface area contributed by atoms with Crippen molar-refractivity contribution in [2.24, 2.45) is 0 Å². The summed E-state index contributed by atoms with van der Waals surface area (Å²) in [6.07, 6.45) is 14.6. The van der Waals surface area contributed by atoms with Gasteiger partial charge in [0.15, 0.2) is 56.8 Å². The van der Waals surface area contributed by atoms with Crippen LogP contribution in [0.4, 0.5) is 59.9 Å². The number of carbonyl (C=O) groups excluding carboxylic acids is 2. The van der Waals surface area contributed by atoms with Gasteiger partial charge in [-0.2, -0.15) is 0 Å². The van der Waals surface area contributed by atoms with Gasteiger partial charge in [0.05, 0.1) is 31.6 Å². The molecule has 21 nitrogen and oxygen atoms in total. The fourth-order valence-electron chi connectivity index (χ4n) is 9.78. The first-order chi connectivity index (χ1) is 48.7. The lowest BCUT2D eigenvalue weighted by Gasteiger charge is -2.32. The van der Waals surface area contributed by atoms with Gasteiger partial charge < -0.3 is 44.9 Å². The number of thiazole rings is 2. The number of aliphatic carboxylic acids is 2. The molecule has 0 radical (unpaired) electrons. The number of carboxylic acids is 2. The molecule has 1 saturated heterocycles. The second kappa shape index (κ2) is 38.6. The average molecular weight is 1740 g/mol. The Morgan fingerprint density at radius 2 is 0.981 bits per heavy atom. The van der Waals surface area contributed by atoms with E-state index in [1.807, 2.05) is 27.7 Å². The minimum Gasteiger partial charge on any atom is -0.478 e. The quantitative estimate of drug-likeness (QED) is 0.0563. The maximum absolute atomic E-state index is 14.0. The number of aromatic nitrogens is 6. The predicted octanol–water partition coefficient (Wildman–Crippen LogP) is 15.9. The third-order valence-corrected chi connectivity index (χ3v) is 19.0. The number of halogens is 12. The summed E-state index contributed by atoms with van der Waals surface area (Å²) in [5.41, 5.74) is 8.30. The minimum atomic E-state index is -1.67. The van der Waals surface area contributed by atoms with Crippen molar-refractivity contribution in [2.45, 2.75) is 64.6 Å². The van der Waals surface area contributed by atoms with Crippen LogP contribution >= 0.6 is 103 Å². The van der Waals surface area contributed by atoms with E-state index in [2.05, 4.69) is 111 Å². The Hall–Kier alpha value is -7.38. The Morgan fingerprint density at radius 1 is 0.602 bits per heavy atom. The summed E-state index contributed by atoms with van der Waals surface area (Å²) in [6.45, 7) is 15.3. The molecule has 5 N–H and O–H groups in total. The van der Waals surface area contributed by atoms with Gasteiger partial charge in [-0.1, -0.05) is 53.0 Å². The zero-order chi connectivity index (χ0) is 75.5. The number of hydrogen-bond acceptors (Lipinski definition) is 20. The molecule has 2 aromatic carbocycles. The van der Waals surface area contributed by atoms with Crippen LogP contribution in [0.25, 0.3) is 20.4 Å². The van der Waals surface area contributed by atoms with Gasteiger partial charge in [-0.05, 0) is 179 Å². The number of nitrogens with two attached hydrogens (primary N) is 1. The van der Waals surface area contributed by atoms with Gasteiger partial charge in [0.1, 0.15) is 11.6 Å². The molecule has 37 heteroatoms. The first kappa shape index (κ1) is 82.9. The molecule has 0 bridgehead atoms. The molecule has 5 aliphatic rings. The summed E-state index contributed by atoms with van der Waals surface area (Å²) in [6, 6.07) is 15.7. The van der Waals surface area contributed by atoms with Crippen molar-refractivity contribution in [3.05, 3.63) is 199 Å². The first-order valence-electron chi connectivity index (χ1n) is 30.6. The van der Waals surface area contributed by atoms with E-state index in [0.717, 1.165) is 10.2 Å².